The van der Waals surface area contributed by atoms with Crippen LogP contribution >= 0.6 is 0 Å². The fourth-order valence-electron chi connectivity index (χ4n) is 4.81. The number of ether oxygens (including phenoxy) is 4. The van der Waals surface area contributed by atoms with E-state index in [1.807, 2.05) is 36.4 Å². The highest BCUT2D eigenvalue weighted by Gasteiger charge is 2.43. The number of methoxy groups -OCH3 is 2. The highest BCUT2D eigenvalue weighted by molar-refractivity contribution is 6.07. The Hall–Kier alpha value is -4.20. The van der Waals surface area contributed by atoms with E-state index in [-0.39, 0.29) is 13.3 Å². The molecule has 8 nitrogen and oxygen atoms in total. The predicted molar refractivity (Wildman–Crippen MR) is 127 cm³/mol. The van der Waals surface area contributed by atoms with Gasteiger partial charge in [-0.3, -0.25) is 9.59 Å². The number of fused-ring (bicyclic) bond motifs is 2. The van der Waals surface area contributed by atoms with Gasteiger partial charge < -0.3 is 29.0 Å². The van der Waals surface area contributed by atoms with E-state index in [1.165, 1.54) is 0 Å². The van der Waals surface area contributed by atoms with E-state index in [9.17, 15) is 14.7 Å². The van der Waals surface area contributed by atoms with Crippen molar-refractivity contribution in [1.82, 2.24) is 0 Å². The molecule has 35 heavy (non-hydrogen) atoms. The number of amides is 1. The molecular weight excluding hydrogens is 450 g/mol. The number of para-hydroxylation sites is 1. The molecular formula is C27H25NO7. The first-order valence-electron chi connectivity index (χ1n) is 11.2. The normalized spacial score (nSPS) is 18.6. The Labute approximate surface area is 202 Å². The Morgan fingerprint density at radius 2 is 1.83 bits per heavy atom. The first kappa shape index (κ1) is 22.6. The van der Waals surface area contributed by atoms with E-state index < -0.39 is 23.7 Å². The average molecular weight is 475 g/mol. The molecule has 0 fully saturated rings. The number of rotatable bonds is 6. The fourth-order valence-corrected chi connectivity index (χ4v) is 4.81. The van der Waals surface area contributed by atoms with Gasteiger partial charge in [0.1, 0.15) is 17.4 Å². The fraction of sp³-hybridized carbons (Fsp3) is 0.259. The largest absolute Gasteiger partial charge is 0.497 e. The van der Waals surface area contributed by atoms with Crippen molar-refractivity contribution in [3.8, 4) is 23.0 Å². The lowest BCUT2D eigenvalue weighted by Crippen LogP contribution is -2.40. The molecule has 2 atom stereocenters. The summed E-state index contributed by atoms with van der Waals surface area (Å²) in [4.78, 5) is 28.0. The topological polar surface area (TPSA) is 94.5 Å². The smallest absolute Gasteiger partial charge is 0.316 e. The van der Waals surface area contributed by atoms with Crippen LogP contribution in [-0.2, 0) is 22.6 Å². The van der Waals surface area contributed by atoms with Gasteiger partial charge in [0, 0.05) is 23.2 Å². The lowest BCUT2D eigenvalue weighted by molar-refractivity contribution is -0.147. The van der Waals surface area contributed by atoms with E-state index >= 15 is 0 Å². The third-order valence-electron chi connectivity index (χ3n) is 6.57. The first-order chi connectivity index (χ1) is 17.0. The van der Waals surface area contributed by atoms with Gasteiger partial charge in [-0.1, -0.05) is 24.3 Å². The number of carbonyl (C=O) groups excluding carboxylic acids is 1. The SMILES string of the molecule is COc1ccc(CN2C(=O)[C@@H](C(=O)O)[C@H](c3ccc4c(c3)OCO4)Cc3ccccc32)c(OC)c1. The number of carboxylic acids is 1. The number of benzene rings is 3. The molecule has 0 spiro atoms. The van der Waals surface area contributed by atoms with Crippen molar-refractivity contribution in [2.45, 2.75) is 18.9 Å². The Bertz CT molecular complexity index is 1290. The zero-order valence-corrected chi connectivity index (χ0v) is 19.4. The summed E-state index contributed by atoms with van der Waals surface area (Å²) in [6.45, 7) is 0.270. The molecule has 0 saturated heterocycles. The first-order valence-corrected chi connectivity index (χ1v) is 11.2. The van der Waals surface area contributed by atoms with Crippen LogP contribution in [0.1, 0.15) is 22.6 Å². The zero-order chi connectivity index (χ0) is 24.5. The third kappa shape index (κ3) is 4.12. The number of carboxylic acid groups (broad SMARTS) is 1. The van der Waals surface area contributed by atoms with Crippen molar-refractivity contribution in [3.05, 3.63) is 77.4 Å². The number of anilines is 1. The van der Waals surface area contributed by atoms with Gasteiger partial charge in [-0.15, -0.1) is 0 Å². The van der Waals surface area contributed by atoms with E-state index in [0.29, 0.717) is 40.7 Å². The summed E-state index contributed by atoms with van der Waals surface area (Å²) in [6.07, 6.45) is 0.384. The minimum Gasteiger partial charge on any atom is -0.497 e. The van der Waals surface area contributed by atoms with Crippen LogP contribution in [0, 0.1) is 5.92 Å². The van der Waals surface area contributed by atoms with Gasteiger partial charge in [-0.25, -0.2) is 0 Å². The van der Waals surface area contributed by atoms with Crippen LogP contribution in [0.3, 0.4) is 0 Å². The second-order valence-electron chi connectivity index (χ2n) is 8.47. The maximum atomic E-state index is 13.9. The molecule has 0 radical (unpaired) electrons. The Balaban J connectivity index is 1.59. The van der Waals surface area contributed by atoms with E-state index in [4.69, 9.17) is 18.9 Å². The van der Waals surface area contributed by atoms with Gasteiger partial charge in [-0.05, 0) is 47.9 Å². The van der Waals surface area contributed by atoms with Gasteiger partial charge in [0.05, 0.1) is 20.8 Å². The summed E-state index contributed by atoms with van der Waals surface area (Å²) >= 11 is 0. The average Bonchev–Trinajstić information content (AvgIpc) is 3.30. The monoisotopic (exact) mass is 475 g/mol. The van der Waals surface area contributed by atoms with Gasteiger partial charge in [0.15, 0.2) is 11.5 Å². The second kappa shape index (κ2) is 9.21. The molecule has 8 heteroatoms. The van der Waals surface area contributed by atoms with Crippen molar-refractivity contribution in [3.63, 3.8) is 0 Å². The van der Waals surface area contributed by atoms with Crippen molar-refractivity contribution in [2.75, 3.05) is 25.9 Å². The highest BCUT2D eigenvalue weighted by Crippen LogP contribution is 2.42. The summed E-state index contributed by atoms with van der Waals surface area (Å²) in [5, 5.41) is 10.2. The van der Waals surface area contributed by atoms with Gasteiger partial charge in [0.2, 0.25) is 12.7 Å². The number of hydrogen-bond donors (Lipinski definition) is 1. The summed E-state index contributed by atoms with van der Waals surface area (Å²) in [7, 11) is 3.11. The van der Waals surface area contributed by atoms with Crippen molar-refractivity contribution in [1.29, 1.82) is 0 Å². The second-order valence-corrected chi connectivity index (χ2v) is 8.47. The van der Waals surface area contributed by atoms with Gasteiger partial charge >= 0.3 is 5.97 Å². The van der Waals surface area contributed by atoms with Crippen molar-refractivity contribution < 1.29 is 33.6 Å². The van der Waals surface area contributed by atoms with Gasteiger partial charge in [0.25, 0.3) is 0 Å². The van der Waals surface area contributed by atoms with E-state index in [2.05, 4.69) is 0 Å². The molecule has 1 N–H and O–H groups in total. The van der Waals surface area contributed by atoms with Crippen LogP contribution in [0.4, 0.5) is 5.69 Å². The molecule has 180 valence electrons. The minimum atomic E-state index is -1.29. The van der Waals surface area contributed by atoms with Crippen molar-refractivity contribution in [2.24, 2.45) is 5.92 Å². The zero-order valence-electron chi connectivity index (χ0n) is 19.4. The minimum absolute atomic E-state index is 0.116. The quantitative estimate of drug-likeness (QED) is 0.539. The van der Waals surface area contributed by atoms with Crippen LogP contribution in [0.5, 0.6) is 23.0 Å². The molecule has 2 heterocycles. The van der Waals surface area contributed by atoms with Crippen molar-refractivity contribution >= 4 is 17.6 Å². The van der Waals surface area contributed by atoms with Crippen LogP contribution in [0.25, 0.3) is 0 Å². The Kier molecular flexibility index (Phi) is 5.94. The van der Waals surface area contributed by atoms with Crippen LogP contribution in [-0.4, -0.2) is 38.0 Å². The standard InChI is InChI=1S/C27H25NO7/c1-32-19-9-7-18(23(13-19)33-2)14-28-21-6-4-3-5-17(21)11-20(25(26(28)29)27(30)31)16-8-10-22-24(12-16)35-15-34-22/h3-10,12-13,20,25H,11,14-15H2,1-2H3,(H,30,31)/t20-,25-/m0/s1. The van der Waals surface area contributed by atoms with E-state index in [0.717, 1.165) is 11.1 Å². The maximum absolute atomic E-state index is 13.9. The summed E-state index contributed by atoms with van der Waals surface area (Å²) in [5.74, 6) is -1.19. The predicted octanol–water partition coefficient (Wildman–Crippen LogP) is 4.01. The number of hydrogen-bond acceptors (Lipinski definition) is 6. The summed E-state index contributed by atoms with van der Waals surface area (Å²) in [5.41, 5.74) is 3.03. The number of aliphatic carboxylic acids is 1. The van der Waals surface area contributed by atoms with Crippen LogP contribution in [0.15, 0.2) is 60.7 Å². The Morgan fingerprint density at radius 1 is 1.03 bits per heavy atom. The maximum Gasteiger partial charge on any atom is 0.316 e. The molecule has 0 bridgehead atoms. The lowest BCUT2D eigenvalue weighted by atomic mass is 9.81. The van der Waals surface area contributed by atoms with Crippen LogP contribution < -0.4 is 23.8 Å². The number of nitrogens with zero attached hydrogens (tertiary/aromatic N) is 1. The molecule has 2 aliphatic heterocycles. The molecule has 5 rings (SSSR count). The van der Waals surface area contributed by atoms with Gasteiger partial charge in [-0.2, -0.15) is 0 Å². The Morgan fingerprint density at radius 3 is 2.60 bits per heavy atom. The molecule has 3 aromatic rings. The molecule has 1 amide bonds. The lowest BCUT2D eigenvalue weighted by Gasteiger charge is -2.27. The number of carbonyl (C=O) groups is 2. The molecule has 0 aromatic heterocycles. The molecule has 2 aliphatic rings. The van der Waals surface area contributed by atoms with Crippen LogP contribution in [0.2, 0.25) is 0 Å². The summed E-state index contributed by atoms with van der Waals surface area (Å²) < 4.78 is 21.7. The van der Waals surface area contributed by atoms with E-state index in [1.54, 1.807) is 43.4 Å². The highest BCUT2D eigenvalue weighted by atomic mass is 16.7. The molecule has 0 unspecified atom stereocenters. The molecule has 3 aromatic carbocycles. The third-order valence-corrected chi connectivity index (χ3v) is 6.57. The summed E-state index contributed by atoms with van der Waals surface area (Å²) in [6, 6.07) is 18.2. The molecule has 0 saturated carbocycles. The molecule has 0 aliphatic carbocycles.